The Balaban J connectivity index is 1.49. The monoisotopic (exact) mass is 355 g/mol. The summed E-state index contributed by atoms with van der Waals surface area (Å²) in [6.07, 6.45) is 2.13. The fourth-order valence-corrected chi connectivity index (χ4v) is 3.30. The summed E-state index contributed by atoms with van der Waals surface area (Å²) in [7, 11) is 0. The highest BCUT2D eigenvalue weighted by Crippen LogP contribution is 2.28. The van der Waals surface area contributed by atoms with Crippen molar-refractivity contribution in [3.63, 3.8) is 0 Å². The molecule has 1 aliphatic heterocycles. The molecule has 0 saturated heterocycles. The van der Waals surface area contributed by atoms with Gasteiger partial charge in [0.1, 0.15) is 5.82 Å². The number of nitrogens with one attached hydrogen (secondary N) is 2. The summed E-state index contributed by atoms with van der Waals surface area (Å²) in [6, 6.07) is 6.04. The maximum absolute atomic E-state index is 13.6. The molecular weight excluding hydrogens is 337 g/mol. The van der Waals surface area contributed by atoms with Crippen molar-refractivity contribution in [1.29, 1.82) is 0 Å². The summed E-state index contributed by atoms with van der Waals surface area (Å²) in [5, 5.41) is 0.799. The molecule has 1 aliphatic rings. The van der Waals surface area contributed by atoms with Crippen LogP contribution in [0.3, 0.4) is 0 Å². The van der Waals surface area contributed by atoms with Crippen LogP contribution in [0.25, 0.3) is 10.9 Å². The van der Waals surface area contributed by atoms with E-state index >= 15 is 0 Å². The Morgan fingerprint density at radius 2 is 2.19 bits per heavy atom. The highest BCUT2D eigenvalue weighted by molar-refractivity contribution is 5.86. The van der Waals surface area contributed by atoms with Crippen LogP contribution in [0.5, 0.6) is 5.75 Å². The lowest BCUT2D eigenvalue weighted by atomic mass is 10.0. The van der Waals surface area contributed by atoms with E-state index in [9.17, 15) is 14.0 Å². The van der Waals surface area contributed by atoms with Crippen molar-refractivity contribution in [3.8, 4) is 5.75 Å². The van der Waals surface area contributed by atoms with Crippen LogP contribution in [0.15, 0.2) is 35.3 Å². The summed E-state index contributed by atoms with van der Waals surface area (Å²) in [6.45, 7) is 2.50. The number of aromatic nitrogens is 2. The Kier molecular flexibility index (Phi) is 3.99. The number of H-pyrrole nitrogens is 2. The maximum atomic E-state index is 13.6. The van der Waals surface area contributed by atoms with Crippen molar-refractivity contribution in [2.75, 3.05) is 13.2 Å². The predicted octanol–water partition coefficient (Wildman–Crippen LogP) is 2.27. The third-order valence-corrected chi connectivity index (χ3v) is 4.66. The molecule has 2 N–H and O–H groups in total. The molecule has 0 spiro atoms. The second-order valence-electron chi connectivity index (χ2n) is 6.47. The molecular formula is C19H18FN3O3. The number of pyridine rings is 1. The smallest absolute Gasteiger partial charge is 0.260 e. The molecule has 0 saturated carbocycles. The Labute approximate surface area is 148 Å². The Morgan fingerprint density at radius 1 is 1.35 bits per heavy atom. The number of aryl methyl sites for hydroxylation is 1. The van der Waals surface area contributed by atoms with Crippen molar-refractivity contribution in [2.24, 2.45) is 0 Å². The number of carbonyl (C=O) groups is 1. The van der Waals surface area contributed by atoms with Gasteiger partial charge in [-0.3, -0.25) is 9.59 Å². The van der Waals surface area contributed by atoms with Crippen LogP contribution in [0.1, 0.15) is 17.0 Å². The third kappa shape index (κ3) is 2.96. The van der Waals surface area contributed by atoms with Crippen molar-refractivity contribution >= 4 is 16.8 Å². The maximum Gasteiger partial charge on any atom is 0.260 e. The van der Waals surface area contributed by atoms with Gasteiger partial charge in [-0.1, -0.05) is 0 Å². The second-order valence-corrected chi connectivity index (χ2v) is 6.47. The first kappa shape index (κ1) is 16.4. The van der Waals surface area contributed by atoms with Gasteiger partial charge in [0, 0.05) is 59.6 Å². The fourth-order valence-electron chi connectivity index (χ4n) is 3.30. The molecule has 26 heavy (non-hydrogen) atoms. The number of halogens is 1. The van der Waals surface area contributed by atoms with Gasteiger partial charge < -0.3 is 19.6 Å². The average Bonchev–Trinajstić information content (AvgIpc) is 2.98. The van der Waals surface area contributed by atoms with Crippen molar-refractivity contribution in [3.05, 3.63) is 63.5 Å². The van der Waals surface area contributed by atoms with Gasteiger partial charge >= 0.3 is 0 Å². The summed E-state index contributed by atoms with van der Waals surface area (Å²) in [4.78, 5) is 32.2. The molecule has 0 bridgehead atoms. The molecule has 1 amide bonds. The number of fused-ring (bicyclic) bond motifs is 3. The van der Waals surface area contributed by atoms with Crippen molar-refractivity contribution in [2.45, 2.75) is 19.9 Å². The average molecular weight is 355 g/mol. The minimum Gasteiger partial charge on any atom is -0.478 e. The van der Waals surface area contributed by atoms with Crippen molar-refractivity contribution < 1.29 is 13.9 Å². The number of amides is 1. The minimum atomic E-state index is -0.301. The molecule has 0 aliphatic carbocycles. The van der Waals surface area contributed by atoms with Crippen LogP contribution >= 0.6 is 0 Å². The normalized spacial score (nSPS) is 13.7. The highest BCUT2D eigenvalue weighted by Gasteiger charge is 2.24. The lowest BCUT2D eigenvalue weighted by molar-refractivity contribution is -0.134. The van der Waals surface area contributed by atoms with Gasteiger partial charge in [0.25, 0.3) is 5.91 Å². The van der Waals surface area contributed by atoms with E-state index in [2.05, 4.69) is 9.97 Å². The van der Waals surface area contributed by atoms with Crippen LogP contribution in [-0.2, 0) is 17.8 Å². The lowest BCUT2D eigenvalue weighted by Crippen LogP contribution is -2.39. The first-order valence-electron chi connectivity index (χ1n) is 8.40. The predicted molar refractivity (Wildman–Crippen MR) is 94.7 cm³/mol. The van der Waals surface area contributed by atoms with Gasteiger partial charge in [-0.05, 0) is 25.1 Å². The van der Waals surface area contributed by atoms with Crippen LogP contribution in [-0.4, -0.2) is 33.9 Å². The number of rotatable bonds is 3. The van der Waals surface area contributed by atoms with E-state index in [1.54, 1.807) is 17.9 Å². The lowest BCUT2D eigenvalue weighted by Gasteiger charge is -2.27. The highest BCUT2D eigenvalue weighted by atomic mass is 19.1. The topological polar surface area (TPSA) is 78.2 Å². The Morgan fingerprint density at radius 3 is 3.00 bits per heavy atom. The van der Waals surface area contributed by atoms with Gasteiger partial charge in [-0.15, -0.1) is 0 Å². The molecule has 134 valence electrons. The van der Waals surface area contributed by atoms with Crippen LogP contribution in [0.2, 0.25) is 0 Å². The second kappa shape index (κ2) is 6.33. The Bertz CT molecular complexity index is 1050. The van der Waals surface area contributed by atoms with E-state index in [0.717, 1.165) is 27.9 Å². The van der Waals surface area contributed by atoms with Crippen LogP contribution < -0.4 is 10.2 Å². The van der Waals surface area contributed by atoms with E-state index in [1.165, 1.54) is 24.4 Å². The summed E-state index contributed by atoms with van der Waals surface area (Å²) in [5.74, 6) is -0.387. The number of hydrogen-bond acceptors (Lipinski definition) is 3. The molecule has 3 heterocycles. The Hall–Kier alpha value is -3.09. The van der Waals surface area contributed by atoms with Crippen molar-refractivity contribution in [1.82, 2.24) is 14.9 Å². The first-order chi connectivity index (χ1) is 12.5. The largest absolute Gasteiger partial charge is 0.478 e. The molecule has 4 rings (SSSR count). The molecule has 7 heteroatoms. The third-order valence-electron chi connectivity index (χ3n) is 4.66. The number of hydrogen-bond donors (Lipinski definition) is 2. The summed E-state index contributed by atoms with van der Waals surface area (Å²) < 4.78 is 18.9. The number of nitrogens with zero attached hydrogens (tertiary/aromatic N) is 1. The summed E-state index contributed by atoms with van der Waals surface area (Å²) >= 11 is 0. The van der Waals surface area contributed by atoms with E-state index in [0.29, 0.717) is 19.5 Å². The molecule has 0 unspecified atom stereocenters. The quantitative estimate of drug-likeness (QED) is 0.757. The first-order valence-corrected chi connectivity index (χ1v) is 8.40. The zero-order valence-corrected chi connectivity index (χ0v) is 14.3. The van der Waals surface area contributed by atoms with E-state index in [4.69, 9.17) is 4.74 Å². The zero-order chi connectivity index (χ0) is 18.3. The van der Waals surface area contributed by atoms with Gasteiger partial charge in [0.05, 0.1) is 0 Å². The van der Waals surface area contributed by atoms with E-state index in [-0.39, 0.29) is 29.5 Å². The van der Waals surface area contributed by atoms with E-state index < -0.39 is 0 Å². The number of aromatic amines is 2. The van der Waals surface area contributed by atoms with Gasteiger partial charge in [-0.25, -0.2) is 4.39 Å². The molecule has 0 radical (unpaired) electrons. The molecule has 0 atom stereocenters. The molecule has 6 nitrogen and oxygen atoms in total. The van der Waals surface area contributed by atoms with Crippen LogP contribution in [0, 0.1) is 12.7 Å². The number of carbonyl (C=O) groups excluding carboxylic acids is 1. The minimum absolute atomic E-state index is 0.121. The molecule has 2 aromatic heterocycles. The summed E-state index contributed by atoms with van der Waals surface area (Å²) in [5.41, 5.74) is 3.30. The number of benzene rings is 1. The molecule has 0 fully saturated rings. The SMILES string of the molecule is Cc1cc(=O)c(OCC(=O)N2CCc3[nH]c4ccc(F)cc4c3C2)c[nH]1. The standard InChI is InChI=1S/C19H18FN3O3/c1-11-6-17(24)18(8-21-11)26-10-19(25)23-5-4-16-14(9-23)13-7-12(20)2-3-15(13)22-16/h2-3,6-8,22H,4-5,9-10H2,1H3,(H,21,24). The fraction of sp³-hybridized carbons (Fsp3) is 0.263. The zero-order valence-electron chi connectivity index (χ0n) is 14.3. The van der Waals surface area contributed by atoms with Gasteiger partial charge in [0.2, 0.25) is 5.43 Å². The van der Waals surface area contributed by atoms with Crippen LogP contribution in [0.4, 0.5) is 4.39 Å². The van der Waals surface area contributed by atoms with Gasteiger partial charge in [0.15, 0.2) is 12.4 Å². The molecule has 3 aromatic rings. The van der Waals surface area contributed by atoms with E-state index in [1.807, 2.05) is 0 Å². The van der Waals surface area contributed by atoms with Gasteiger partial charge in [-0.2, -0.15) is 0 Å². The number of ether oxygens (including phenoxy) is 1. The molecule has 1 aromatic carbocycles.